The molecule has 0 aliphatic heterocycles. The first-order valence-corrected chi connectivity index (χ1v) is 9.22. The van der Waals surface area contributed by atoms with E-state index in [1.54, 1.807) is 0 Å². The summed E-state index contributed by atoms with van der Waals surface area (Å²) in [6, 6.07) is 0. The summed E-state index contributed by atoms with van der Waals surface area (Å²) in [5.74, 6) is -12.5. The molecule has 41 heavy (non-hydrogen) atoms. The van der Waals surface area contributed by atoms with Crippen molar-refractivity contribution < 1.29 is 116 Å². The molecule has 0 bridgehead atoms. The minimum atomic E-state index is -1.53. The number of ketones is 5. The number of carbonyl (C=O) groups excluding carboxylic acids is 15. The van der Waals surface area contributed by atoms with Crippen molar-refractivity contribution in [3.05, 3.63) is 0 Å². The van der Waals surface area contributed by atoms with Crippen molar-refractivity contribution in [3.8, 4) is 0 Å². The summed E-state index contributed by atoms with van der Waals surface area (Å²) in [6.45, 7) is 0. The average Bonchev–Trinajstić information content (AvgIpc) is 2.83. The Hall–Kier alpha value is -5.37. The fourth-order valence-corrected chi connectivity index (χ4v) is 0.920. The Morgan fingerprint density at radius 3 is 0.439 bits per heavy atom. The maximum absolute atomic E-state index is 9.83. The van der Waals surface area contributed by atoms with E-state index in [1.165, 1.54) is 0 Å². The van der Waals surface area contributed by atoms with Crippen molar-refractivity contribution in [3.63, 3.8) is 0 Å². The third-order valence-electron chi connectivity index (χ3n) is 2.25. The van der Waals surface area contributed by atoms with E-state index >= 15 is 0 Å². The van der Waals surface area contributed by atoms with Gasteiger partial charge in [0.05, 0.1) is 32.1 Å². The number of aliphatic carboxylic acids is 5. The molecule has 225 valence electrons. The third-order valence-corrected chi connectivity index (χ3v) is 2.25. The Morgan fingerprint density at radius 2 is 0.415 bits per heavy atom. The smallest absolute Gasteiger partial charge is 0.200 e. The Morgan fingerprint density at radius 1 is 0.317 bits per heavy atom. The molecule has 0 heterocycles. The maximum Gasteiger partial charge on any atom is 0.200 e. The van der Waals surface area contributed by atoms with Crippen LogP contribution >= 0.6 is 0 Å². The topological polar surface area (TPSA) is 371 Å². The van der Waals surface area contributed by atoms with Crippen LogP contribution in [0.15, 0.2) is 0 Å². The Labute approximate surface area is 238 Å². The predicted molar refractivity (Wildman–Crippen MR) is 103 cm³/mol. The first-order chi connectivity index (χ1) is 18.3. The normalized spacial score (nSPS) is 7.80. The van der Waals surface area contributed by atoms with Gasteiger partial charge in [-0.2, -0.15) is 0 Å². The summed E-state index contributed by atoms with van der Waals surface area (Å²) >= 11 is 0. The van der Waals surface area contributed by atoms with Gasteiger partial charge >= 0.3 is 0 Å². The molecule has 0 aromatic rings. The monoisotopic (exact) mass is 626 g/mol. The molecule has 0 unspecified atom stereocenters. The van der Waals surface area contributed by atoms with Crippen LogP contribution in [0, 0.1) is 0 Å². The van der Waals surface area contributed by atoms with Gasteiger partial charge < -0.3 is 49.5 Å². The van der Waals surface area contributed by atoms with Crippen molar-refractivity contribution in [2.75, 3.05) is 0 Å². The third kappa shape index (κ3) is 60.8. The number of aldehydes is 5. The van der Waals surface area contributed by atoms with Gasteiger partial charge in [-0.25, -0.2) is 0 Å². The van der Waals surface area contributed by atoms with Gasteiger partial charge in [-0.05, 0) is 0 Å². The van der Waals surface area contributed by atoms with E-state index in [-0.39, 0.29) is 50.0 Å². The maximum atomic E-state index is 9.83. The number of hydrogen-bond acceptors (Lipinski definition) is 20. The second-order valence-electron chi connectivity index (χ2n) is 5.66. The van der Waals surface area contributed by atoms with Crippen LogP contribution in [0.1, 0.15) is 32.1 Å². The van der Waals surface area contributed by atoms with E-state index in [0.717, 1.165) is 0 Å². The number of carboxylic acid groups (broad SMARTS) is 5. The van der Waals surface area contributed by atoms with E-state index in [4.69, 9.17) is 0 Å². The van der Waals surface area contributed by atoms with E-state index < -0.39 is 90.9 Å². The molecule has 0 spiro atoms. The molecule has 0 aliphatic rings. The molecule has 0 aromatic carbocycles. The van der Waals surface area contributed by atoms with Gasteiger partial charge in [0.15, 0.2) is 31.4 Å². The molecule has 20 nitrogen and oxygen atoms in total. The first kappa shape index (κ1) is 48.7. The second-order valence-corrected chi connectivity index (χ2v) is 5.66. The van der Waals surface area contributed by atoms with Gasteiger partial charge in [0.25, 0.3) is 0 Å². The number of carboxylic acids is 5. The van der Waals surface area contributed by atoms with Crippen LogP contribution in [0.2, 0.25) is 0 Å². The summed E-state index contributed by atoms with van der Waals surface area (Å²) in [5.41, 5.74) is 0. The molecule has 0 aromatic heterocycles. The summed E-state index contributed by atoms with van der Waals surface area (Å²) in [5, 5.41) is 47.4. The quantitative estimate of drug-likeness (QED) is 0.0924. The molecular formula is C20H15O20V-5. The summed E-state index contributed by atoms with van der Waals surface area (Å²) < 4.78 is 0. The number of carbonyl (C=O) groups is 15. The summed E-state index contributed by atoms with van der Waals surface area (Å²) in [4.78, 5) is 144. The average molecular weight is 626 g/mol. The van der Waals surface area contributed by atoms with E-state index in [1.807, 2.05) is 0 Å². The fourth-order valence-electron chi connectivity index (χ4n) is 0.920. The van der Waals surface area contributed by atoms with Gasteiger partial charge in [0.2, 0.25) is 28.9 Å². The molecule has 1 radical (unpaired) electrons. The van der Waals surface area contributed by atoms with Crippen molar-refractivity contribution in [1.82, 2.24) is 0 Å². The minimum Gasteiger partial charge on any atom is -0.550 e. The summed E-state index contributed by atoms with van der Waals surface area (Å²) in [7, 11) is 0. The largest absolute Gasteiger partial charge is 0.550 e. The van der Waals surface area contributed by atoms with Crippen LogP contribution in [-0.4, -0.2) is 90.2 Å². The Kier molecular flexibility index (Phi) is 38.8. The zero-order chi connectivity index (χ0) is 32.8. The van der Waals surface area contributed by atoms with Crippen LogP contribution in [0.3, 0.4) is 0 Å². The fraction of sp³-hybridized carbons (Fsp3) is 0.250. The van der Waals surface area contributed by atoms with Crippen LogP contribution in [0.5, 0.6) is 0 Å². The van der Waals surface area contributed by atoms with Crippen molar-refractivity contribution in [2.24, 2.45) is 0 Å². The molecule has 21 heteroatoms. The predicted octanol–water partition coefficient (Wildman–Crippen LogP) is -10.5. The molecule has 0 atom stereocenters. The minimum absolute atomic E-state index is 0. The van der Waals surface area contributed by atoms with Crippen LogP contribution in [-0.2, 0) is 90.5 Å². The Bertz CT molecular complexity index is 823. The second kappa shape index (κ2) is 32.7. The number of rotatable bonds is 15. The molecule has 0 saturated heterocycles. The van der Waals surface area contributed by atoms with Crippen molar-refractivity contribution in [1.29, 1.82) is 0 Å². The van der Waals surface area contributed by atoms with Crippen molar-refractivity contribution >= 4 is 90.2 Å². The van der Waals surface area contributed by atoms with Gasteiger partial charge in [-0.3, -0.25) is 47.9 Å². The molecule has 0 saturated carbocycles. The SMILES string of the molecule is O=CC(=O)CC(=O)[O-].O=CC(=O)CC(=O)[O-].O=CC(=O)CC(=O)[O-].O=CC(=O)CC(=O)[O-].O=CC(=O)CC(=O)[O-].[V]. The van der Waals surface area contributed by atoms with E-state index in [0.29, 0.717) is 0 Å². The molecule has 0 N–H and O–H groups in total. The van der Waals surface area contributed by atoms with Crippen LogP contribution in [0.25, 0.3) is 0 Å². The molecule has 0 aliphatic carbocycles. The molecular weight excluding hydrogens is 611 g/mol. The van der Waals surface area contributed by atoms with Gasteiger partial charge in [0.1, 0.15) is 0 Å². The van der Waals surface area contributed by atoms with E-state index in [2.05, 4.69) is 0 Å². The van der Waals surface area contributed by atoms with Gasteiger partial charge in [-0.15, -0.1) is 0 Å². The number of hydrogen-bond donors (Lipinski definition) is 0. The van der Waals surface area contributed by atoms with Crippen molar-refractivity contribution in [2.45, 2.75) is 32.1 Å². The summed E-state index contributed by atoms with van der Waals surface area (Å²) in [6.07, 6.45) is -4.31. The molecule has 0 amide bonds. The standard InChI is InChI=1S/5C4H4O4.V/c5*5-2-3(6)1-4(7)8;/h5*2H,1H2,(H,7,8);/p-5. The van der Waals surface area contributed by atoms with Crippen LogP contribution < -0.4 is 25.5 Å². The van der Waals surface area contributed by atoms with Gasteiger partial charge in [0, 0.05) is 48.4 Å². The number of Topliss-reactive ketones (excluding diaryl/α,β-unsaturated/α-hetero) is 5. The zero-order valence-electron chi connectivity index (χ0n) is 20.0. The molecule has 0 fully saturated rings. The van der Waals surface area contributed by atoms with Gasteiger partial charge in [-0.1, -0.05) is 0 Å². The van der Waals surface area contributed by atoms with Crippen LogP contribution in [0.4, 0.5) is 0 Å². The van der Waals surface area contributed by atoms with E-state index in [9.17, 15) is 97.5 Å². The first-order valence-electron chi connectivity index (χ1n) is 9.22. The zero-order valence-corrected chi connectivity index (χ0v) is 21.4. The molecule has 0 rings (SSSR count). The Balaban J connectivity index is -0.0000000928.